The minimum Gasteiger partial charge on any atom is -0.482 e. The highest BCUT2D eigenvalue weighted by molar-refractivity contribution is 5.97. The van der Waals surface area contributed by atoms with Gasteiger partial charge in [0.15, 0.2) is 6.61 Å². The number of likely N-dealkylation sites (tertiary alicyclic amines) is 1. The van der Waals surface area contributed by atoms with Gasteiger partial charge in [-0.05, 0) is 30.5 Å². The SMILES string of the molecule is O=C(CN1CCC(OCc2ccccc2)CC1)Nc1ccc2c(c1)OCC(=O)N2. The van der Waals surface area contributed by atoms with Crippen LogP contribution in [0.5, 0.6) is 5.75 Å². The number of rotatable bonds is 6. The molecular formula is C22H25N3O4. The molecule has 1 saturated heterocycles. The molecule has 2 amide bonds. The lowest BCUT2D eigenvalue weighted by Crippen LogP contribution is -2.41. The maximum atomic E-state index is 12.4. The first kappa shape index (κ1) is 19.4. The zero-order chi connectivity index (χ0) is 20.1. The third-order valence-electron chi connectivity index (χ3n) is 5.13. The predicted octanol–water partition coefficient (Wildman–Crippen LogP) is 2.64. The fourth-order valence-corrected chi connectivity index (χ4v) is 3.58. The number of ether oxygens (including phenoxy) is 2. The molecule has 2 aromatic carbocycles. The molecule has 152 valence electrons. The number of carbonyl (C=O) groups is 2. The van der Waals surface area contributed by atoms with Crippen molar-refractivity contribution in [3.05, 3.63) is 54.1 Å². The summed E-state index contributed by atoms with van der Waals surface area (Å²) in [5.74, 6) is 0.331. The van der Waals surface area contributed by atoms with Gasteiger partial charge in [0.2, 0.25) is 5.91 Å². The van der Waals surface area contributed by atoms with Crippen molar-refractivity contribution in [1.82, 2.24) is 4.90 Å². The van der Waals surface area contributed by atoms with Crippen molar-refractivity contribution in [3.63, 3.8) is 0 Å². The van der Waals surface area contributed by atoms with E-state index in [1.807, 2.05) is 18.2 Å². The minimum absolute atomic E-state index is 0.00825. The van der Waals surface area contributed by atoms with E-state index in [1.165, 1.54) is 5.56 Å². The Bertz CT molecular complexity index is 864. The summed E-state index contributed by atoms with van der Waals surface area (Å²) >= 11 is 0. The molecule has 0 aliphatic carbocycles. The van der Waals surface area contributed by atoms with E-state index in [4.69, 9.17) is 9.47 Å². The van der Waals surface area contributed by atoms with Gasteiger partial charge in [-0.3, -0.25) is 14.5 Å². The smallest absolute Gasteiger partial charge is 0.262 e. The highest BCUT2D eigenvalue weighted by atomic mass is 16.5. The van der Waals surface area contributed by atoms with Crippen molar-refractivity contribution in [2.45, 2.75) is 25.6 Å². The fourth-order valence-electron chi connectivity index (χ4n) is 3.58. The monoisotopic (exact) mass is 395 g/mol. The second-order valence-electron chi connectivity index (χ2n) is 7.37. The van der Waals surface area contributed by atoms with Crippen LogP contribution in [-0.2, 0) is 20.9 Å². The molecule has 2 aromatic rings. The van der Waals surface area contributed by atoms with Gasteiger partial charge >= 0.3 is 0 Å². The van der Waals surface area contributed by atoms with Gasteiger partial charge in [-0.15, -0.1) is 0 Å². The van der Waals surface area contributed by atoms with Crippen molar-refractivity contribution < 1.29 is 19.1 Å². The average molecular weight is 395 g/mol. The average Bonchev–Trinajstić information content (AvgIpc) is 2.74. The van der Waals surface area contributed by atoms with E-state index < -0.39 is 0 Å². The van der Waals surface area contributed by atoms with E-state index in [2.05, 4.69) is 27.7 Å². The maximum Gasteiger partial charge on any atom is 0.262 e. The molecule has 0 aromatic heterocycles. The van der Waals surface area contributed by atoms with E-state index in [-0.39, 0.29) is 24.5 Å². The first-order chi connectivity index (χ1) is 14.2. The van der Waals surface area contributed by atoms with Gasteiger partial charge in [0.05, 0.1) is 24.9 Å². The number of hydrogen-bond acceptors (Lipinski definition) is 5. The molecule has 2 aliphatic heterocycles. The Balaban J connectivity index is 1.20. The summed E-state index contributed by atoms with van der Waals surface area (Å²) in [4.78, 5) is 25.9. The highest BCUT2D eigenvalue weighted by Gasteiger charge is 2.22. The molecule has 0 bridgehead atoms. The quantitative estimate of drug-likeness (QED) is 0.786. The van der Waals surface area contributed by atoms with Crippen LogP contribution in [0.2, 0.25) is 0 Å². The number of nitrogens with one attached hydrogen (secondary N) is 2. The zero-order valence-corrected chi connectivity index (χ0v) is 16.2. The molecule has 4 rings (SSSR count). The number of hydrogen-bond donors (Lipinski definition) is 2. The largest absolute Gasteiger partial charge is 0.482 e. The number of fused-ring (bicyclic) bond motifs is 1. The van der Waals surface area contributed by atoms with Gasteiger partial charge in [-0.2, -0.15) is 0 Å². The molecule has 7 heteroatoms. The van der Waals surface area contributed by atoms with Crippen LogP contribution in [0.4, 0.5) is 11.4 Å². The lowest BCUT2D eigenvalue weighted by molar-refractivity contribution is -0.119. The summed E-state index contributed by atoms with van der Waals surface area (Å²) in [5.41, 5.74) is 2.46. The number of nitrogens with zero attached hydrogens (tertiary/aromatic N) is 1. The summed E-state index contributed by atoms with van der Waals surface area (Å²) in [6.45, 7) is 2.65. The number of piperidine rings is 1. The second-order valence-corrected chi connectivity index (χ2v) is 7.37. The van der Waals surface area contributed by atoms with Gasteiger partial charge in [0.1, 0.15) is 5.75 Å². The maximum absolute atomic E-state index is 12.4. The van der Waals surface area contributed by atoms with E-state index in [9.17, 15) is 9.59 Å². The topological polar surface area (TPSA) is 79.9 Å². The Morgan fingerprint density at radius 1 is 1.17 bits per heavy atom. The third kappa shape index (κ3) is 5.34. The van der Waals surface area contributed by atoms with Crippen LogP contribution in [0.1, 0.15) is 18.4 Å². The Morgan fingerprint density at radius 3 is 2.76 bits per heavy atom. The van der Waals surface area contributed by atoms with E-state index in [1.54, 1.807) is 18.2 Å². The molecule has 2 heterocycles. The summed E-state index contributed by atoms with van der Waals surface area (Å²) in [6, 6.07) is 15.4. The molecule has 29 heavy (non-hydrogen) atoms. The van der Waals surface area contributed by atoms with Gasteiger partial charge in [0.25, 0.3) is 5.91 Å². The summed E-state index contributed by atoms with van der Waals surface area (Å²) in [7, 11) is 0. The molecule has 0 atom stereocenters. The minimum atomic E-state index is -0.176. The van der Waals surface area contributed by atoms with Crippen molar-refractivity contribution in [3.8, 4) is 5.75 Å². The van der Waals surface area contributed by atoms with E-state index in [0.29, 0.717) is 30.3 Å². The number of amides is 2. The Hall–Kier alpha value is -2.90. The van der Waals surface area contributed by atoms with Crippen LogP contribution in [0.3, 0.4) is 0 Å². The van der Waals surface area contributed by atoms with Gasteiger partial charge in [-0.25, -0.2) is 0 Å². The van der Waals surface area contributed by atoms with Gasteiger partial charge < -0.3 is 20.1 Å². The summed E-state index contributed by atoms with van der Waals surface area (Å²) in [5, 5.41) is 5.64. The molecule has 0 unspecified atom stereocenters. The van der Waals surface area contributed by atoms with Gasteiger partial charge in [-0.1, -0.05) is 30.3 Å². The Morgan fingerprint density at radius 2 is 1.97 bits per heavy atom. The molecule has 0 radical (unpaired) electrons. The number of benzene rings is 2. The van der Waals surface area contributed by atoms with Crippen LogP contribution in [0, 0.1) is 0 Å². The Kier molecular flexibility index (Phi) is 6.07. The molecule has 7 nitrogen and oxygen atoms in total. The Labute approximate surface area is 170 Å². The lowest BCUT2D eigenvalue weighted by atomic mass is 10.1. The van der Waals surface area contributed by atoms with Crippen LogP contribution in [0.15, 0.2) is 48.5 Å². The van der Waals surface area contributed by atoms with Crippen LogP contribution < -0.4 is 15.4 Å². The molecule has 0 spiro atoms. The molecule has 1 fully saturated rings. The van der Waals surface area contributed by atoms with Crippen LogP contribution >= 0.6 is 0 Å². The van der Waals surface area contributed by atoms with E-state index >= 15 is 0 Å². The molecular weight excluding hydrogens is 370 g/mol. The first-order valence-corrected chi connectivity index (χ1v) is 9.90. The summed E-state index contributed by atoms with van der Waals surface area (Å²) < 4.78 is 11.4. The fraction of sp³-hybridized carbons (Fsp3) is 0.364. The van der Waals surface area contributed by atoms with E-state index in [0.717, 1.165) is 25.9 Å². The highest BCUT2D eigenvalue weighted by Crippen LogP contribution is 2.30. The molecule has 2 N–H and O–H groups in total. The summed E-state index contributed by atoms with van der Waals surface area (Å²) in [6.07, 6.45) is 2.08. The number of carbonyl (C=O) groups excluding carboxylic acids is 2. The zero-order valence-electron chi connectivity index (χ0n) is 16.2. The predicted molar refractivity (Wildman–Crippen MR) is 110 cm³/mol. The van der Waals surface area contributed by atoms with Crippen molar-refractivity contribution in [2.24, 2.45) is 0 Å². The van der Waals surface area contributed by atoms with Crippen LogP contribution in [0.25, 0.3) is 0 Å². The second kappa shape index (κ2) is 9.07. The first-order valence-electron chi connectivity index (χ1n) is 9.90. The van der Waals surface area contributed by atoms with Crippen LogP contribution in [-0.4, -0.2) is 49.1 Å². The molecule has 2 aliphatic rings. The lowest BCUT2D eigenvalue weighted by Gasteiger charge is -2.31. The van der Waals surface area contributed by atoms with Gasteiger partial charge in [0, 0.05) is 24.8 Å². The van der Waals surface area contributed by atoms with Crippen molar-refractivity contribution >= 4 is 23.2 Å². The normalized spacial score (nSPS) is 17.2. The number of anilines is 2. The molecule has 0 saturated carbocycles. The third-order valence-corrected chi connectivity index (χ3v) is 5.13. The van der Waals surface area contributed by atoms with Crippen molar-refractivity contribution in [1.29, 1.82) is 0 Å². The standard InChI is InChI=1S/C22H25N3O4/c26-21(23-17-6-7-19-20(12-17)29-15-22(27)24-19)13-25-10-8-18(9-11-25)28-14-16-4-2-1-3-5-16/h1-7,12,18H,8-11,13-15H2,(H,23,26)(H,24,27). The van der Waals surface area contributed by atoms with Crippen molar-refractivity contribution in [2.75, 3.05) is 36.9 Å².